The van der Waals surface area contributed by atoms with Gasteiger partial charge in [-0.1, -0.05) is 18.2 Å². The summed E-state index contributed by atoms with van der Waals surface area (Å²) in [6.45, 7) is 3.15. The minimum atomic E-state index is -0.202. The quantitative estimate of drug-likeness (QED) is 0.770. The Kier molecular flexibility index (Phi) is 3.79. The third-order valence-corrected chi connectivity index (χ3v) is 4.88. The number of aromatic nitrogens is 3. The molecule has 0 fully saturated rings. The van der Waals surface area contributed by atoms with Crippen molar-refractivity contribution in [2.24, 2.45) is 0 Å². The van der Waals surface area contributed by atoms with Crippen LogP contribution >= 0.6 is 0 Å². The lowest BCUT2D eigenvalue weighted by atomic mass is 10.2. The molecule has 3 heterocycles. The van der Waals surface area contributed by atoms with Crippen molar-refractivity contribution in [2.45, 2.75) is 19.5 Å². The van der Waals surface area contributed by atoms with Gasteiger partial charge in [-0.3, -0.25) is 9.59 Å². The lowest BCUT2D eigenvalue weighted by Gasteiger charge is -2.33. The van der Waals surface area contributed by atoms with E-state index in [4.69, 9.17) is 0 Å². The second-order valence-electron chi connectivity index (χ2n) is 6.82. The molecule has 1 aliphatic rings. The summed E-state index contributed by atoms with van der Waals surface area (Å²) in [6.07, 6.45) is 1.78. The van der Waals surface area contributed by atoms with Gasteiger partial charge >= 0.3 is 0 Å². The van der Waals surface area contributed by atoms with Gasteiger partial charge in [0.1, 0.15) is 17.2 Å². The molecular formula is C19H21N5O2. The zero-order valence-corrected chi connectivity index (χ0v) is 15.1. The number of para-hydroxylation sites is 1. The summed E-state index contributed by atoms with van der Waals surface area (Å²) < 4.78 is 1.97. The van der Waals surface area contributed by atoms with Crippen LogP contribution in [0.2, 0.25) is 0 Å². The fourth-order valence-electron chi connectivity index (χ4n) is 3.44. The number of amides is 2. The van der Waals surface area contributed by atoms with E-state index in [0.717, 1.165) is 16.7 Å². The largest absolute Gasteiger partial charge is 0.351 e. The second kappa shape index (κ2) is 6.01. The normalized spacial score (nSPS) is 16.6. The third-order valence-electron chi connectivity index (χ3n) is 4.88. The smallest absolute Gasteiger partial charge is 0.273 e. The predicted octanol–water partition coefficient (Wildman–Crippen LogP) is 2.28. The minimum Gasteiger partial charge on any atom is -0.351 e. The molecule has 1 aliphatic heterocycles. The topological polar surface area (TPSA) is 74.2 Å². The van der Waals surface area contributed by atoms with Crippen LogP contribution in [0.25, 0.3) is 10.9 Å². The van der Waals surface area contributed by atoms with E-state index >= 15 is 0 Å². The number of H-pyrrole nitrogens is 1. The summed E-state index contributed by atoms with van der Waals surface area (Å²) in [4.78, 5) is 36.2. The van der Waals surface area contributed by atoms with Gasteiger partial charge in [-0.25, -0.2) is 4.98 Å². The molecule has 0 bridgehead atoms. The molecule has 1 atom stereocenters. The number of hydrogen-bond acceptors (Lipinski definition) is 3. The Labute approximate surface area is 151 Å². The molecule has 1 aromatic carbocycles. The molecule has 0 radical (unpaired) electrons. The van der Waals surface area contributed by atoms with Gasteiger partial charge in [-0.2, -0.15) is 0 Å². The van der Waals surface area contributed by atoms with E-state index in [-0.39, 0.29) is 17.9 Å². The van der Waals surface area contributed by atoms with E-state index in [1.165, 1.54) is 4.90 Å². The lowest BCUT2D eigenvalue weighted by molar-refractivity contribution is 0.0632. The number of nitrogens with zero attached hydrogens (tertiary/aromatic N) is 4. The van der Waals surface area contributed by atoms with Crippen LogP contribution < -0.4 is 0 Å². The average molecular weight is 351 g/mol. The van der Waals surface area contributed by atoms with Crippen molar-refractivity contribution in [3.63, 3.8) is 0 Å². The Bertz CT molecular complexity index is 967. The van der Waals surface area contributed by atoms with Crippen LogP contribution in [0.1, 0.15) is 39.8 Å². The van der Waals surface area contributed by atoms with Gasteiger partial charge in [0, 0.05) is 44.3 Å². The molecule has 2 aromatic heterocycles. The zero-order chi connectivity index (χ0) is 18.4. The summed E-state index contributed by atoms with van der Waals surface area (Å²) in [5, 5.41) is 1.01. The number of hydrogen-bond donors (Lipinski definition) is 1. The third kappa shape index (κ3) is 2.56. The standard InChI is InChI=1S/C19H21N5O2/c1-12-17-21-16(18(25)22(2)3)11-23(17)8-9-24(12)19(26)15-10-13-6-4-5-7-14(13)20-15/h4-7,10-12,20H,8-9H2,1-3H3. The SMILES string of the molecule is CC1c2nc(C(=O)N(C)C)cn2CCN1C(=O)c1cc2ccccc2[nH]1. The fourth-order valence-corrected chi connectivity index (χ4v) is 3.44. The maximum Gasteiger partial charge on any atom is 0.273 e. The van der Waals surface area contributed by atoms with Gasteiger partial charge in [-0.15, -0.1) is 0 Å². The molecule has 0 spiro atoms. The van der Waals surface area contributed by atoms with Crippen LogP contribution in [0.3, 0.4) is 0 Å². The number of imidazole rings is 1. The summed E-state index contributed by atoms with van der Waals surface area (Å²) in [7, 11) is 3.41. The fraction of sp³-hybridized carbons (Fsp3) is 0.316. The molecule has 3 aromatic rings. The summed E-state index contributed by atoms with van der Waals surface area (Å²) in [5.41, 5.74) is 1.93. The van der Waals surface area contributed by atoms with Crippen molar-refractivity contribution < 1.29 is 9.59 Å². The van der Waals surface area contributed by atoms with E-state index in [2.05, 4.69) is 9.97 Å². The maximum absolute atomic E-state index is 13.0. The second-order valence-corrected chi connectivity index (χ2v) is 6.82. The first-order chi connectivity index (χ1) is 12.5. The summed E-state index contributed by atoms with van der Waals surface area (Å²) in [6, 6.07) is 9.51. The summed E-state index contributed by atoms with van der Waals surface area (Å²) in [5.74, 6) is 0.557. The molecule has 0 saturated carbocycles. The van der Waals surface area contributed by atoms with Crippen molar-refractivity contribution in [3.8, 4) is 0 Å². The van der Waals surface area contributed by atoms with Gasteiger partial charge in [0.05, 0.1) is 6.04 Å². The van der Waals surface area contributed by atoms with Gasteiger partial charge < -0.3 is 19.4 Å². The van der Waals surface area contributed by atoms with Crippen LogP contribution in [-0.4, -0.2) is 56.8 Å². The van der Waals surface area contributed by atoms with Gasteiger partial charge in [-0.05, 0) is 19.1 Å². The van der Waals surface area contributed by atoms with Crippen molar-refractivity contribution >= 4 is 22.7 Å². The van der Waals surface area contributed by atoms with E-state index in [9.17, 15) is 9.59 Å². The highest BCUT2D eigenvalue weighted by Gasteiger charge is 2.32. The van der Waals surface area contributed by atoms with Crippen LogP contribution in [-0.2, 0) is 6.54 Å². The first-order valence-corrected chi connectivity index (χ1v) is 8.63. The first-order valence-electron chi connectivity index (χ1n) is 8.63. The Morgan fingerprint density at radius 2 is 2.00 bits per heavy atom. The van der Waals surface area contributed by atoms with Crippen molar-refractivity contribution in [1.29, 1.82) is 0 Å². The molecule has 4 rings (SSSR count). The number of nitrogens with one attached hydrogen (secondary N) is 1. The van der Waals surface area contributed by atoms with E-state index in [1.54, 1.807) is 25.2 Å². The molecule has 7 heteroatoms. The van der Waals surface area contributed by atoms with Gasteiger partial charge in [0.25, 0.3) is 11.8 Å². The van der Waals surface area contributed by atoms with E-state index < -0.39 is 0 Å². The Morgan fingerprint density at radius 3 is 2.73 bits per heavy atom. The molecule has 1 unspecified atom stereocenters. The van der Waals surface area contributed by atoms with Crippen LogP contribution in [0.4, 0.5) is 0 Å². The Balaban J connectivity index is 1.63. The molecule has 134 valence electrons. The highest BCUT2D eigenvalue weighted by atomic mass is 16.2. The Morgan fingerprint density at radius 1 is 1.23 bits per heavy atom. The number of carbonyl (C=O) groups is 2. The number of aromatic amines is 1. The first kappa shape index (κ1) is 16.4. The minimum absolute atomic E-state index is 0.0524. The molecule has 1 N–H and O–H groups in total. The van der Waals surface area contributed by atoms with Crippen molar-refractivity contribution in [1.82, 2.24) is 24.3 Å². The van der Waals surface area contributed by atoms with Gasteiger partial charge in [0.2, 0.25) is 0 Å². The van der Waals surface area contributed by atoms with Gasteiger partial charge in [0.15, 0.2) is 0 Å². The molecule has 0 saturated heterocycles. The molecule has 0 aliphatic carbocycles. The van der Waals surface area contributed by atoms with Crippen molar-refractivity contribution in [2.75, 3.05) is 20.6 Å². The number of carbonyl (C=O) groups excluding carboxylic acids is 2. The number of benzene rings is 1. The van der Waals surface area contributed by atoms with Crippen molar-refractivity contribution in [3.05, 3.63) is 53.7 Å². The monoisotopic (exact) mass is 351 g/mol. The highest BCUT2D eigenvalue weighted by molar-refractivity contribution is 5.98. The maximum atomic E-state index is 13.0. The van der Waals surface area contributed by atoms with Crippen LogP contribution in [0, 0.1) is 0 Å². The van der Waals surface area contributed by atoms with Crippen LogP contribution in [0.15, 0.2) is 36.5 Å². The number of fused-ring (bicyclic) bond motifs is 2. The zero-order valence-electron chi connectivity index (χ0n) is 15.1. The molecular weight excluding hydrogens is 330 g/mol. The predicted molar refractivity (Wildman–Crippen MR) is 98.0 cm³/mol. The Hall–Kier alpha value is -3.09. The molecule has 7 nitrogen and oxygen atoms in total. The lowest BCUT2D eigenvalue weighted by Crippen LogP contribution is -2.41. The van der Waals surface area contributed by atoms with E-state index in [1.807, 2.05) is 41.8 Å². The average Bonchev–Trinajstić information content (AvgIpc) is 3.25. The summed E-state index contributed by atoms with van der Waals surface area (Å²) >= 11 is 0. The highest BCUT2D eigenvalue weighted by Crippen LogP contribution is 2.27. The number of rotatable bonds is 2. The molecule has 26 heavy (non-hydrogen) atoms. The molecule has 2 amide bonds. The van der Waals surface area contributed by atoms with Crippen LogP contribution in [0.5, 0.6) is 0 Å². The van der Waals surface area contributed by atoms with E-state index in [0.29, 0.717) is 24.5 Å².